The fourth-order valence-corrected chi connectivity index (χ4v) is 2.28. The number of ether oxygens (including phenoxy) is 2. The predicted molar refractivity (Wildman–Crippen MR) is 91.1 cm³/mol. The number of nitrogens with one attached hydrogen (secondary N) is 1. The van der Waals surface area contributed by atoms with Gasteiger partial charge in [-0.1, -0.05) is 24.3 Å². The molecular weight excluding hydrogens is 306 g/mol. The highest BCUT2D eigenvalue weighted by Crippen LogP contribution is 2.20. The maximum Gasteiger partial charge on any atom is 0.274 e. The SMILES string of the molecule is COc1cccc(NC(=O)c2cc(OC)nn2-c2ccccc2)c1. The Balaban J connectivity index is 1.93. The zero-order valence-corrected chi connectivity index (χ0v) is 13.4. The molecule has 0 fully saturated rings. The highest BCUT2D eigenvalue weighted by molar-refractivity contribution is 6.03. The van der Waals surface area contributed by atoms with E-state index in [2.05, 4.69) is 10.4 Å². The third kappa shape index (κ3) is 3.22. The minimum Gasteiger partial charge on any atom is -0.497 e. The van der Waals surface area contributed by atoms with E-state index in [1.807, 2.05) is 42.5 Å². The van der Waals surface area contributed by atoms with Crippen LogP contribution in [0.3, 0.4) is 0 Å². The second kappa shape index (κ2) is 6.87. The first kappa shape index (κ1) is 15.6. The van der Waals surface area contributed by atoms with Crippen LogP contribution >= 0.6 is 0 Å². The van der Waals surface area contributed by atoms with Gasteiger partial charge in [-0.05, 0) is 24.3 Å². The summed E-state index contributed by atoms with van der Waals surface area (Å²) in [4.78, 5) is 12.7. The largest absolute Gasteiger partial charge is 0.497 e. The Hall–Kier alpha value is -3.28. The van der Waals surface area contributed by atoms with Crippen molar-refractivity contribution in [1.29, 1.82) is 0 Å². The number of benzene rings is 2. The molecule has 0 aliphatic heterocycles. The summed E-state index contributed by atoms with van der Waals surface area (Å²) >= 11 is 0. The van der Waals surface area contributed by atoms with E-state index < -0.39 is 0 Å². The average molecular weight is 323 g/mol. The molecule has 0 aliphatic rings. The van der Waals surface area contributed by atoms with Crippen molar-refractivity contribution in [2.75, 3.05) is 19.5 Å². The molecule has 0 atom stereocenters. The lowest BCUT2D eigenvalue weighted by Crippen LogP contribution is -2.16. The van der Waals surface area contributed by atoms with E-state index >= 15 is 0 Å². The molecule has 0 aliphatic carbocycles. The summed E-state index contributed by atoms with van der Waals surface area (Å²) in [6, 6.07) is 18.2. The second-order valence-corrected chi connectivity index (χ2v) is 5.01. The summed E-state index contributed by atoms with van der Waals surface area (Å²) < 4.78 is 11.9. The maximum absolute atomic E-state index is 12.7. The van der Waals surface area contributed by atoms with E-state index in [0.29, 0.717) is 23.0 Å². The van der Waals surface area contributed by atoms with Crippen molar-refractivity contribution in [1.82, 2.24) is 9.78 Å². The lowest BCUT2D eigenvalue weighted by molar-refractivity contribution is 0.101. The van der Waals surface area contributed by atoms with Gasteiger partial charge in [0, 0.05) is 17.8 Å². The molecule has 0 unspecified atom stereocenters. The molecule has 1 heterocycles. The average Bonchev–Trinajstić information content (AvgIpc) is 3.07. The lowest BCUT2D eigenvalue weighted by atomic mass is 10.2. The van der Waals surface area contributed by atoms with Crippen LogP contribution in [-0.2, 0) is 0 Å². The Labute approximate surface area is 139 Å². The maximum atomic E-state index is 12.7. The minimum absolute atomic E-state index is 0.289. The molecule has 0 spiro atoms. The van der Waals surface area contributed by atoms with E-state index in [9.17, 15) is 4.79 Å². The zero-order chi connectivity index (χ0) is 16.9. The number of anilines is 1. The minimum atomic E-state index is -0.289. The molecule has 1 amide bonds. The van der Waals surface area contributed by atoms with Crippen LogP contribution in [0.2, 0.25) is 0 Å². The molecular formula is C18H17N3O3. The molecule has 0 radical (unpaired) electrons. The van der Waals surface area contributed by atoms with Gasteiger partial charge in [0.1, 0.15) is 11.4 Å². The van der Waals surface area contributed by atoms with Crippen LogP contribution in [0.4, 0.5) is 5.69 Å². The first-order valence-corrected chi connectivity index (χ1v) is 7.36. The molecule has 3 rings (SSSR count). The smallest absolute Gasteiger partial charge is 0.274 e. The Morgan fingerprint density at radius 2 is 1.79 bits per heavy atom. The van der Waals surface area contributed by atoms with Gasteiger partial charge in [-0.15, -0.1) is 5.10 Å². The molecule has 3 aromatic rings. The van der Waals surface area contributed by atoms with Crippen LogP contribution in [0, 0.1) is 0 Å². The van der Waals surface area contributed by atoms with Gasteiger partial charge in [-0.25, -0.2) is 4.68 Å². The fraction of sp³-hybridized carbons (Fsp3) is 0.111. The Bertz CT molecular complexity index is 844. The Morgan fingerprint density at radius 1 is 1.00 bits per heavy atom. The van der Waals surface area contributed by atoms with Gasteiger partial charge < -0.3 is 14.8 Å². The highest BCUT2D eigenvalue weighted by atomic mass is 16.5. The highest BCUT2D eigenvalue weighted by Gasteiger charge is 2.17. The molecule has 0 saturated carbocycles. The fourth-order valence-electron chi connectivity index (χ4n) is 2.28. The van der Waals surface area contributed by atoms with Crippen LogP contribution < -0.4 is 14.8 Å². The molecule has 1 N–H and O–H groups in total. The van der Waals surface area contributed by atoms with Crippen molar-refractivity contribution in [3.05, 3.63) is 66.4 Å². The number of nitrogens with zero attached hydrogens (tertiary/aromatic N) is 2. The molecule has 2 aromatic carbocycles. The first-order valence-electron chi connectivity index (χ1n) is 7.36. The summed E-state index contributed by atoms with van der Waals surface area (Å²) in [5, 5.41) is 7.15. The van der Waals surface area contributed by atoms with Gasteiger partial charge in [-0.2, -0.15) is 0 Å². The van der Waals surface area contributed by atoms with Crippen molar-refractivity contribution in [3.8, 4) is 17.3 Å². The molecule has 1 aromatic heterocycles. The molecule has 0 bridgehead atoms. The van der Waals surface area contributed by atoms with E-state index in [1.165, 1.54) is 7.11 Å². The van der Waals surface area contributed by atoms with E-state index in [0.717, 1.165) is 5.69 Å². The summed E-state index contributed by atoms with van der Waals surface area (Å²) in [6.07, 6.45) is 0. The first-order chi connectivity index (χ1) is 11.7. The van der Waals surface area contributed by atoms with Gasteiger partial charge in [0.25, 0.3) is 5.91 Å². The summed E-state index contributed by atoms with van der Waals surface area (Å²) in [7, 11) is 3.09. The van der Waals surface area contributed by atoms with Crippen molar-refractivity contribution in [2.24, 2.45) is 0 Å². The van der Waals surface area contributed by atoms with Crippen molar-refractivity contribution >= 4 is 11.6 Å². The topological polar surface area (TPSA) is 65.4 Å². The number of aromatic nitrogens is 2. The number of carbonyl (C=O) groups is 1. The van der Waals surface area contributed by atoms with E-state index in [4.69, 9.17) is 9.47 Å². The number of rotatable bonds is 5. The van der Waals surface area contributed by atoms with Crippen molar-refractivity contribution in [3.63, 3.8) is 0 Å². The van der Waals surface area contributed by atoms with E-state index in [1.54, 1.807) is 30.0 Å². The Kier molecular flexibility index (Phi) is 4.47. The normalized spacial score (nSPS) is 10.2. The van der Waals surface area contributed by atoms with Gasteiger partial charge in [-0.3, -0.25) is 4.79 Å². The molecule has 24 heavy (non-hydrogen) atoms. The third-order valence-electron chi connectivity index (χ3n) is 3.46. The quantitative estimate of drug-likeness (QED) is 0.783. The van der Waals surface area contributed by atoms with Crippen LogP contribution in [0.5, 0.6) is 11.6 Å². The van der Waals surface area contributed by atoms with Crippen LogP contribution in [0.1, 0.15) is 10.5 Å². The molecule has 122 valence electrons. The van der Waals surface area contributed by atoms with Crippen molar-refractivity contribution in [2.45, 2.75) is 0 Å². The molecule has 6 nitrogen and oxygen atoms in total. The van der Waals surface area contributed by atoms with E-state index in [-0.39, 0.29) is 5.91 Å². The van der Waals surface area contributed by atoms with Crippen LogP contribution in [0.25, 0.3) is 5.69 Å². The van der Waals surface area contributed by atoms with Gasteiger partial charge in [0.2, 0.25) is 5.88 Å². The van der Waals surface area contributed by atoms with Gasteiger partial charge in [0.15, 0.2) is 0 Å². The standard InChI is InChI=1S/C18H17N3O3/c1-23-15-10-6-7-13(11-15)19-18(22)16-12-17(24-2)20-21(16)14-8-4-3-5-9-14/h3-12H,1-2H3,(H,19,22). The third-order valence-corrected chi connectivity index (χ3v) is 3.46. The zero-order valence-electron chi connectivity index (χ0n) is 13.4. The van der Waals surface area contributed by atoms with Gasteiger partial charge in [0.05, 0.1) is 19.9 Å². The molecule has 0 saturated heterocycles. The number of carbonyl (C=O) groups excluding carboxylic acids is 1. The monoisotopic (exact) mass is 323 g/mol. The number of amides is 1. The second-order valence-electron chi connectivity index (χ2n) is 5.01. The number of methoxy groups -OCH3 is 2. The Morgan fingerprint density at radius 3 is 2.50 bits per heavy atom. The number of hydrogen-bond donors (Lipinski definition) is 1. The number of para-hydroxylation sites is 1. The molecule has 6 heteroatoms. The predicted octanol–water partition coefficient (Wildman–Crippen LogP) is 3.14. The summed E-state index contributed by atoms with van der Waals surface area (Å²) in [6.45, 7) is 0. The van der Waals surface area contributed by atoms with Crippen LogP contribution in [-0.4, -0.2) is 29.9 Å². The lowest BCUT2D eigenvalue weighted by Gasteiger charge is -2.09. The van der Waals surface area contributed by atoms with Crippen molar-refractivity contribution < 1.29 is 14.3 Å². The summed E-state index contributed by atoms with van der Waals surface area (Å²) in [5.74, 6) is 0.750. The van der Waals surface area contributed by atoms with Gasteiger partial charge >= 0.3 is 0 Å². The number of hydrogen-bond acceptors (Lipinski definition) is 4. The summed E-state index contributed by atoms with van der Waals surface area (Å²) in [5.41, 5.74) is 1.79. The van der Waals surface area contributed by atoms with Crippen LogP contribution in [0.15, 0.2) is 60.7 Å².